The van der Waals surface area contributed by atoms with Crippen LogP contribution in [-0.4, -0.2) is 18.2 Å². The van der Waals surface area contributed by atoms with Crippen LogP contribution in [0.15, 0.2) is 30.6 Å². The van der Waals surface area contributed by atoms with Gasteiger partial charge in [-0.05, 0) is 26.0 Å². The lowest BCUT2D eigenvalue weighted by atomic mass is 10.5. The second-order valence-corrected chi connectivity index (χ2v) is 2.31. The lowest BCUT2D eigenvalue weighted by Gasteiger charge is -1.94. The molecule has 2 nitrogen and oxygen atoms in total. The van der Waals surface area contributed by atoms with E-state index in [2.05, 4.69) is 4.98 Å². The maximum absolute atomic E-state index is 4.75. The third kappa shape index (κ3) is 18.2. The third-order valence-corrected chi connectivity index (χ3v) is 1.04. The molecule has 0 fully saturated rings. The van der Waals surface area contributed by atoms with Crippen LogP contribution in [0.1, 0.15) is 27.7 Å². The summed E-state index contributed by atoms with van der Waals surface area (Å²) in [6.07, 6.45) is 3.88. The zero-order chi connectivity index (χ0) is 10.5. The van der Waals surface area contributed by atoms with E-state index < -0.39 is 0 Å². The molecule has 0 aliphatic rings. The highest BCUT2D eigenvalue weighted by Gasteiger charge is 1.78. The maximum Gasteiger partial charge on any atom is 0.0515 e. The summed E-state index contributed by atoms with van der Waals surface area (Å²) >= 11 is 0. The second kappa shape index (κ2) is 13.7. The fourth-order valence-corrected chi connectivity index (χ4v) is 0.313. The van der Waals surface area contributed by atoms with Gasteiger partial charge in [0.2, 0.25) is 0 Å². The molecule has 0 atom stereocenters. The molecule has 0 aliphatic heterocycles. The summed E-state index contributed by atoms with van der Waals surface area (Å²) in [5, 5.41) is 0. The maximum atomic E-state index is 4.75. The van der Waals surface area contributed by atoms with Crippen LogP contribution in [0.3, 0.4) is 0 Å². The molecule has 0 aromatic carbocycles. The Balaban J connectivity index is 0. The quantitative estimate of drug-likeness (QED) is 0.667. The average Bonchev–Trinajstić information content (AvgIpc) is 2.24. The van der Waals surface area contributed by atoms with Gasteiger partial charge < -0.3 is 4.74 Å². The summed E-state index contributed by atoms with van der Waals surface area (Å²) in [4.78, 5) is 3.78. The van der Waals surface area contributed by atoms with Gasteiger partial charge in [-0.25, -0.2) is 0 Å². The molecule has 1 rings (SSSR count). The molecule has 1 heterocycles. The van der Waals surface area contributed by atoms with Crippen LogP contribution in [0, 0.1) is 0 Å². The van der Waals surface area contributed by atoms with Crippen LogP contribution in [-0.2, 0) is 4.74 Å². The van der Waals surface area contributed by atoms with Crippen molar-refractivity contribution >= 4 is 0 Å². The number of ether oxygens (including phenoxy) is 1. The van der Waals surface area contributed by atoms with Gasteiger partial charge in [0.05, 0.1) is 6.10 Å². The minimum atomic E-state index is 0.384. The molecule has 0 spiro atoms. The van der Waals surface area contributed by atoms with E-state index in [-0.39, 0.29) is 0 Å². The Morgan fingerprint density at radius 3 is 1.46 bits per heavy atom. The molecule has 0 aliphatic carbocycles. The van der Waals surface area contributed by atoms with Gasteiger partial charge in [0.25, 0.3) is 0 Å². The Hall–Kier alpha value is -0.890. The van der Waals surface area contributed by atoms with Gasteiger partial charge in [0.1, 0.15) is 0 Å². The minimum Gasteiger partial charge on any atom is -0.382 e. The summed E-state index contributed by atoms with van der Waals surface area (Å²) in [5.74, 6) is 0. The van der Waals surface area contributed by atoms with Crippen molar-refractivity contribution in [1.82, 2.24) is 4.98 Å². The molecule has 1 aromatic rings. The molecule has 0 saturated carbocycles. The number of rotatable bonds is 1. The zero-order valence-corrected chi connectivity index (χ0v) is 9.32. The summed E-state index contributed by atoms with van der Waals surface area (Å²) in [6, 6.07) is 5.72. The second-order valence-electron chi connectivity index (χ2n) is 2.31. The first kappa shape index (κ1) is 14.6. The van der Waals surface area contributed by atoms with E-state index in [0.717, 1.165) is 0 Å². The fourth-order valence-electron chi connectivity index (χ4n) is 0.313. The van der Waals surface area contributed by atoms with Gasteiger partial charge in [-0.1, -0.05) is 19.9 Å². The highest BCUT2D eigenvalue weighted by molar-refractivity contribution is 4.88. The van der Waals surface area contributed by atoms with Crippen LogP contribution in [0.25, 0.3) is 0 Å². The van der Waals surface area contributed by atoms with E-state index in [4.69, 9.17) is 4.74 Å². The summed E-state index contributed by atoms with van der Waals surface area (Å²) in [7, 11) is 1.70. The van der Waals surface area contributed by atoms with Crippen molar-refractivity contribution in [2.75, 3.05) is 7.11 Å². The first-order chi connectivity index (χ1) is 6.27. The first-order valence-electron chi connectivity index (χ1n) is 4.65. The molecule has 0 unspecified atom stereocenters. The highest BCUT2D eigenvalue weighted by Crippen LogP contribution is 1.77. The summed E-state index contributed by atoms with van der Waals surface area (Å²) in [6.45, 7) is 8.00. The average molecular weight is 183 g/mol. The van der Waals surface area contributed by atoms with E-state index in [1.165, 1.54) is 0 Å². The van der Waals surface area contributed by atoms with Gasteiger partial charge in [-0.3, -0.25) is 4.98 Å². The van der Waals surface area contributed by atoms with Crippen LogP contribution < -0.4 is 0 Å². The predicted molar refractivity (Wildman–Crippen MR) is 57.7 cm³/mol. The zero-order valence-electron chi connectivity index (χ0n) is 9.32. The molecule has 1 aromatic heterocycles. The SMILES string of the molecule is CC.COC(C)C.c1ccncc1. The smallest absolute Gasteiger partial charge is 0.0515 e. The van der Waals surface area contributed by atoms with Crippen molar-refractivity contribution in [2.45, 2.75) is 33.8 Å². The Bertz CT molecular complexity index is 125. The summed E-state index contributed by atoms with van der Waals surface area (Å²) in [5.41, 5.74) is 0. The van der Waals surface area contributed by atoms with Crippen molar-refractivity contribution in [3.63, 3.8) is 0 Å². The van der Waals surface area contributed by atoms with E-state index in [9.17, 15) is 0 Å². The summed E-state index contributed by atoms with van der Waals surface area (Å²) < 4.78 is 4.75. The van der Waals surface area contributed by atoms with Crippen molar-refractivity contribution in [2.24, 2.45) is 0 Å². The molecule has 76 valence electrons. The minimum absolute atomic E-state index is 0.384. The van der Waals surface area contributed by atoms with E-state index >= 15 is 0 Å². The Kier molecular flexibility index (Phi) is 15.4. The molecule has 0 radical (unpaired) electrons. The molecule has 2 heteroatoms. The lowest BCUT2D eigenvalue weighted by molar-refractivity contribution is 0.134. The van der Waals surface area contributed by atoms with Crippen molar-refractivity contribution < 1.29 is 4.74 Å². The Morgan fingerprint density at radius 2 is 1.38 bits per heavy atom. The number of aromatic nitrogens is 1. The first-order valence-corrected chi connectivity index (χ1v) is 4.65. The number of hydrogen-bond acceptors (Lipinski definition) is 2. The number of hydrogen-bond donors (Lipinski definition) is 0. The molecular formula is C11H21NO. The van der Waals surface area contributed by atoms with Gasteiger partial charge in [0, 0.05) is 19.5 Å². The van der Waals surface area contributed by atoms with Gasteiger partial charge in [-0.2, -0.15) is 0 Å². The Labute approximate surface area is 82.0 Å². The fraction of sp³-hybridized carbons (Fsp3) is 0.545. The van der Waals surface area contributed by atoms with Crippen LogP contribution in [0.2, 0.25) is 0 Å². The topological polar surface area (TPSA) is 22.1 Å². The molecule has 0 amide bonds. The van der Waals surface area contributed by atoms with Gasteiger partial charge in [0.15, 0.2) is 0 Å². The van der Waals surface area contributed by atoms with Crippen LogP contribution in [0.4, 0.5) is 0 Å². The van der Waals surface area contributed by atoms with Crippen molar-refractivity contribution in [3.8, 4) is 0 Å². The lowest BCUT2D eigenvalue weighted by Crippen LogP contribution is -1.94. The van der Waals surface area contributed by atoms with Crippen LogP contribution >= 0.6 is 0 Å². The normalized spacial score (nSPS) is 7.85. The molecule has 0 N–H and O–H groups in total. The Morgan fingerprint density at radius 1 is 1.00 bits per heavy atom. The number of methoxy groups -OCH3 is 1. The van der Waals surface area contributed by atoms with Crippen molar-refractivity contribution in [3.05, 3.63) is 30.6 Å². The predicted octanol–water partition coefficient (Wildman–Crippen LogP) is 3.15. The molecule has 0 bridgehead atoms. The number of pyridine rings is 1. The third-order valence-electron chi connectivity index (χ3n) is 1.04. The molecular weight excluding hydrogens is 162 g/mol. The largest absolute Gasteiger partial charge is 0.382 e. The monoisotopic (exact) mass is 183 g/mol. The van der Waals surface area contributed by atoms with E-state index in [0.29, 0.717) is 6.10 Å². The van der Waals surface area contributed by atoms with Gasteiger partial charge in [-0.15, -0.1) is 0 Å². The molecule has 13 heavy (non-hydrogen) atoms. The van der Waals surface area contributed by atoms with Gasteiger partial charge >= 0.3 is 0 Å². The van der Waals surface area contributed by atoms with E-state index in [1.54, 1.807) is 19.5 Å². The standard InChI is InChI=1S/C5H5N.C4H10O.C2H6/c1-2-4-6-5-3-1;1-4(2)5-3;1-2/h1-5H;4H,1-3H3;1-2H3. The highest BCUT2D eigenvalue weighted by atomic mass is 16.5. The molecule has 0 saturated heterocycles. The van der Waals surface area contributed by atoms with Crippen molar-refractivity contribution in [1.29, 1.82) is 0 Å². The van der Waals surface area contributed by atoms with Crippen LogP contribution in [0.5, 0.6) is 0 Å². The van der Waals surface area contributed by atoms with E-state index in [1.807, 2.05) is 45.9 Å². The number of nitrogens with zero attached hydrogens (tertiary/aromatic N) is 1.